The Morgan fingerprint density at radius 3 is 2.59 bits per heavy atom. The van der Waals surface area contributed by atoms with Gasteiger partial charge in [0.15, 0.2) is 4.80 Å². The molecule has 0 amide bonds. The van der Waals surface area contributed by atoms with E-state index in [0.29, 0.717) is 36.4 Å². The van der Waals surface area contributed by atoms with E-state index in [1.54, 1.807) is 42.7 Å². The van der Waals surface area contributed by atoms with Crippen LogP contribution in [0, 0.1) is 16.3 Å². The third-order valence-corrected chi connectivity index (χ3v) is 8.93. The number of rotatable bonds is 7. The molecule has 2 heterocycles. The average Bonchev–Trinajstić information content (AvgIpc) is 3.23. The molecule has 3 aromatic carbocycles. The topological polar surface area (TPSA) is 69.9 Å². The van der Waals surface area contributed by atoms with Crippen molar-refractivity contribution in [3.8, 4) is 5.75 Å². The molecule has 1 atom stereocenters. The molecule has 1 aliphatic heterocycles. The van der Waals surface area contributed by atoms with Crippen molar-refractivity contribution in [1.82, 2.24) is 4.57 Å². The lowest BCUT2D eigenvalue weighted by Gasteiger charge is -2.24. The van der Waals surface area contributed by atoms with E-state index in [4.69, 9.17) is 9.47 Å². The number of allylic oxidation sites excluding steroid dienone is 1. The number of halogens is 3. The summed E-state index contributed by atoms with van der Waals surface area (Å²) in [7, 11) is 0. The van der Waals surface area contributed by atoms with Gasteiger partial charge in [-0.25, -0.2) is 14.2 Å². The van der Waals surface area contributed by atoms with Crippen LogP contribution in [0.25, 0.3) is 6.08 Å². The summed E-state index contributed by atoms with van der Waals surface area (Å²) >= 11 is 7.00. The minimum absolute atomic E-state index is 0.0837. The third-order valence-electron chi connectivity index (χ3n) is 6.56. The third kappa shape index (κ3) is 6.09. The Hall–Kier alpha value is -3.09. The number of esters is 1. The number of ether oxygens (including phenoxy) is 2. The predicted octanol–water partition coefficient (Wildman–Crippen LogP) is 6.19. The van der Waals surface area contributed by atoms with Gasteiger partial charge in [-0.15, -0.1) is 0 Å². The van der Waals surface area contributed by atoms with Crippen molar-refractivity contribution in [2.45, 2.75) is 33.4 Å². The van der Waals surface area contributed by atoms with Gasteiger partial charge in [0, 0.05) is 5.56 Å². The standard InChI is InChI=1S/C31H25BrFIN2O4S/c1-4-39-30(38)26-18(3)35-31-36(27(26)20-11-9-17(2)10-12-20)29(37)25(41-31)15-19-13-22(32)28(24(34)14-19)40-16-21-7-5-6-8-23(21)33/h5-15,27H,4,16H2,1-3H3/b25-15+/t27-/m0/s1. The number of aromatic nitrogens is 1. The highest BCUT2D eigenvalue weighted by atomic mass is 127. The number of carbonyl (C=O) groups excluding carboxylic acids is 1. The summed E-state index contributed by atoms with van der Waals surface area (Å²) in [5.74, 6) is -0.226. The second kappa shape index (κ2) is 12.4. The van der Waals surface area contributed by atoms with Gasteiger partial charge in [-0.1, -0.05) is 59.4 Å². The molecule has 6 nitrogen and oxygen atoms in total. The smallest absolute Gasteiger partial charge is 0.338 e. The molecule has 0 N–H and O–H groups in total. The molecule has 0 unspecified atom stereocenters. The number of carbonyl (C=O) groups is 1. The van der Waals surface area contributed by atoms with Crippen molar-refractivity contribution >= 4 is 61.9 Å². The molecule has 0 bridgehead atoms. The van der Waals surface area contributed by atoms with E-state index >= 15 is 0 Å². The fourth-order valence-corrected chi connectivity index (χ4v) is 7.39. The van der Waals surface area contributed by atoms with E-state index in [0.717, 1.165) is 20.3 Å². The first-order valence-electron chi connectivity index (χ1n) is 12.8. The molecule has 1 aromatic heterocycles. The van der Waals surface area contributed by atoms with E-state index < -0.39 is 12.0 Å². The number of nitrogens with zero attached hydrogens (tertiary/aromatic N) is 2. The van der Waals surface area contributed by atoms with Gasteiger partial charge in [0.25, 0.3) is 5.56 Å². The Bertz CT molecular complexity index is 1840. The Morgan fingerprint density at radius 1 is 1.17 bits per heavy atom. The largest absolute Gasteiger partial charge is 0.486 e. The van der Waals surface area contributed by atoms with Crippen molar-refractivity contribution in [3.05, 3.63) is 128 Å². The van der Waals surface area contributed by atoms with Crippen LogP contribution in [0.5, 0.6) is 5.75 Å². The molecule has 5 rings (SSSR count). The second-order valence-electron chi connectivity index (χ2n) is 9.41. The number of fused-ring (bicyclic) bond motifs is 1. The van der Waals surface area contributed by atoms with E-state index in [9.17, 15) is 14.0 Å². The molecule has 1 aliphatic rings. The van der Waals surface area contributed by atoms with Gasteiger partial charge in [0.2, 0.25) is 0 Å². The molecule has 41 heavy (non-hydrogen) atoms. The van der Waals surface area contributed by atoms with E-state index in [2.05, 4.69) is 43.5 Å². The first kappa shape index (κ1) is 29.4. The van der Waals surface area contributed by atoms with Crippen LogP contribution in [0.4, 0.5) is 4.39 Å². The van der Waals surface area contributed by atoms with Crippen LogP contribution in [-0.4, -0.2) is 17.1 Å². The van der Waals surface area contributed by atoms with Crippen LogP contribution in [-0.2, 0) is 16.1 Å². The van der Waals surface area contributed by atoms with E-state index in [-0.39, 0.29) is 24.6 Å². The van der Waals surface area contributed by atoms with E-state index in [1.807, 2.05) is 43.3 Å². The second-order valence-corrected chi connectivity index (χ2v) is 12.4. The number of hydrogen-bond donors (Lipinski definition) is 0. The zero-order chi connectivity index (χ0) is 29.3. The van der Waals surface area contributed by atoms with Gasteiger partial charge in [-0.05, 0) is 94.7 Å². The summed E-state index contributed by atoms with van der Waals surface area (Å²) < 4.78 is 28.9. The highest BCUT2D eigenvalue weighted by Crippen LogP contribution is 2.34. The quantitative estimate of drug-likeness (QED) is 0.167. The van der Waals surface area contributed by atoms with Crippen molar-refractivity contribution in [1.29, 1.82) is 0 Å². The van der Waals surface area contributed by atoms with E-state index in [1.165, 1.54) is 17.4 Å². The Balaban J connectivity index is 1.56. The van der Waals surface area contributed by atoms with Gasteiger partial charge < -0.3 is 9.47 Å². The fourth-order valence-electron chi connectivity index (χ4n) is 4.57. The van der Waals surface area contributed by atoms with Crippen LogP contribution >= 0.6 is 49.9 Å². The normalized spacial score (nSPS) is 15.0. The average molecular weight is 747 g/mol. The predicted molar refractivity (Wildman–Crippen MR) is 169 cm³/mol. The minimum atomic E-state index is -0.658. The van der Waals surface area contributed by atoms with Gasteiger partial charge in [0.05, 0.1) is 36.5 Å². The number of aryl methyl sites for hydroxylation is 1. The molecule has 0 spiro atoms. The van der Waals surface area contributed by atoms with Crippen molar-refractivity contribution in [3.63, 3.8) is 0 Å². The van der Waals surface area contributed by atoms with Crippen LogP contribution in [0.2, 0.25) is 0 Å². The first-order chi connectivity index (χ1) is 19.7. The number of benzene rings is 3. The maximum atomic E-state index is 14.1. The molecule has 4 aromatic rings. The molecule has 0 saturated heterocycles. The molecule has 0 fully saturated rings. The van der Waals surface area contributed by atoms with Crippen molar-refractivity contribution in [2.75, 3.05) is 6.61 Å². The molecule has 0 radical (unpaired) electrons. The van der Waals surface area contributed by atoms with Gasteiger partial charge in [-0.3, -0.25) is 9.36 Å². The molecule has 0 aliphatic carbocycles. The lowest BCUT2D eigenvalue weighted by Crippen LogP contribution is -2.39. The summed E-state index contributed by atoms with van der Waals surface area (Å²) in [4.78, 5) is 32.1. The summed E-state index contributed by atoms with van der Waals surface area (Å²) in [5.41, 5.74) is 3.73. The fraction of sp³-hybridized carbons (Fsp3) is 0.194. The monoisotopic (exact) mass is 746 g/mol. The van der Waals surface area contributed by atoms with Gasteiger partial charge in [-0.2, -0.15) is 0 Å². The van der Waals surface area contributed by atoms with Crippen molar-refractivity contribution < 1.29 is 18.7 Å². The Labute approximate surface area is 262 Å². The number of hydrogen-bond acceptors (Lipinski definition) is 6. The Kier molecular flexibility index (Phi) is 8.91. The van der Waals surface area contributed by atoms with Crippen LogP contribution in [0.15, 0.2) is 86.2 Å². The zero-order valence-electron chi connectivity index (χ0n) is 22.4. The molecular weight excluding hydrogens is 722 g/mol. The molecule has 10 heteroatoms. The molecule has 0 saturated carbocycles. The molecular formula is C31H25BrFIN2O4S. The first-order valence-corrected chi connectivity index (χ1v) is 15.5. The summed E-state index contributed by atoms with van der Waals surface area (Å²) in [6.45, 7) is 5.80. The highest BCUT2D eigenvalue weighted by Gasteiger charge is 2.33. The zero-order valence-corrected chi connectivity index (χ0v) is 27.0. The SMILES string of the molecule is CCOC(=O)C1=C(C)N=c2s/c(=C/c3cc(Br)c(OCc4ccccc4F)c(I)c3)c(=O)n2[C@H]1c1ccc(C)cc1. The minimum Gasteiger partial charge on any atom is -0.486 e. The maximum Gasteiger partial charge on any atom is 0.338 e. The maximum absolute atomic E-state index is 14.1. The summed E-state index contributed by atoms with van der Waals surface area (Å²) in [5, 5.41) is 0. The van der Waals surface area contributed by atoms with Gasteiger partial charge in [0.1, 0.15) is 18.2 Å². The van der Waals surface area contributed by atoms with Crippen LogP contribution in [0.1, 0.15) is 42.1 Å². The summed E-state index contributed by atoms with van der Waals surface area (Å²) in [6.07, 6.45) is 1.80. The lowest BCUT2D eigenvalue weighted by atomic mass is 9.95. The number of thiazole rings is 1. The van der Waals surface area contributed by atoms with Gasteiger partial charge >= 0.3 is 5.97 Å². The van der Waals surface area contributed by atoms with Crippen LogP contribution in [0.3, 0.4) is 0 Å². The lowest BCUT2D eigenvalue weighted by molar-refractivity contribution is -0.139. The Morgan fingerprint density at radius 2 is 1.90 bits per heavy atom. The summed E-state index contributed by atoms with van der Waals surface area (Å²) in [6, 6.07) is 17.3. The van der Waals surface area contributed by atoms with Crippen molar-refractivity contribution in [2.24, 2.45) is 4.99 Å². The van der Waals surface area contributed by atoms with Crippen LogP contribution < -0.4 is 19.6 Å². The molecule has 210 valence electrons. The highest BCUT2D eigenvalue weighted by molar-refractivity contribution is 14.1.